The third kappa shape index (κ3) is 3.53. The zero-order valence-corrected chi connectivity index (χ0v) is 13.3. The molecule has 2 aromatic rings. The fraction of sp³-hybridized carbons (Fsp3) is 0.438. The largest absolute Gasteiger partial charge is 0.448 e. The normalized spacial score (nSPS) is 20.9. The van der Waals surface area contributed by atoms with Crippen LogP contribution >= 0.6 is 0 Å². The van der Waals surface area contributed by atoms with E-state index in [0.717, 1.165) is 19.2 Å². The van der Waals surface area contributed by atoms with Crippen LogP contribution < -0.4 is 10.2 Å². The predicted molar refractivity (Wildman–Crippen MR) is 84.2 cm³/mol. The molecule has 0 saturated carbocycles. The van der Waals surface area contributed by atoms with E-state index in [1.165, 1.54) is 12.5 Å². The molecule has 8 heteroatoms. The van der Waals surface area contributed by atoms with E-state index in [2.05, 4.69) is 15.3 Å². The van der Waals surface area contributed by atoms with Crippen LogP contribution in [0.5, 0.6) is 0 Å². The SMILES string of the molecule is Cc1ocnc1C(=O)NC[C@@]1(O)CCCN(c2ccc(F)cn2)C1. The maximum absolute atomic E-state index is 13.0. The molecule has 1 amide bonds. The van der Waals surface area contributed by atoms with Crippen LogP contribution in [0.1, 0.15) is 29.1 Å². The van der Waals surface area contributed by atoms with Gasteiger partial charge in [0.2, 0.25) is 0 Å². The number of aliphatic hydroxyl groups is 1. The minimum absolute atomic E-state index is 0.0931. The summed E-state index contributed by atoms with van der Waals surface area (Å²) in [5, 5.41) is 13.5. The van der Waals surface area contributed by atoms with Crippen LogP contribution in [0.15, 0.2) is 29.1 Å². The number of anilines is 1. The first-order chi connectivity index (χ1) is 11.5. The van der Waals surface area contributed by atoms with Crippen LogP contribution in [-0.4, -0.2) is 46.2 Å². The van der Waals surface area contributed by atoms with Crippen molar-refractivity contribution in [2.24, 2.45) is 0 Å². The third-order valence-electron chi connectivity index (χ3n) is 4.13. The lowest BCUT2D eigenvalue weighted by molar-refractivity contribution is 0.0253. The molecule has 1 aliphatic rings. The van der Waals surface area contributed by atoms with E-state index in [4.69, 9.17) is 4.42 Å². The van der Waals surface area contributed by atoms with Crippen molar-refractivity contribution in [1.29, 1.82) is 0 Å². The van der Waals surface area contributed by atoms with Gasteiger partial charge in [-0.2, -0.15) is 0 Å². The second-order valence-corrected chi connectivity index (χ2v) is 6.02. The monoisotopic (exact) mass is 334 g/mol. The molecule has 128 valence electrons. The molecule has 0 unspecified atom stereocenters. The average molecular weight is 334 g/mol. The number of nitrogens with one attached hydrogen (secondary N) is 1. The number of β-amino-alcohol motifs (C(OH)–C–C–N with tert-alkyl or cyclic N) is 1. The number of carbonyl (C=O) groups is 1. The van der Waals surface area contributed by atoms with Gasteiger partial charge < -0.3 is 19.7 Å². The molecule has 1 saturated heterocycles. The molecule has 1 aliphatic heterocycles. The second-order valence-electron chi connectivity index (χ2n) is 6.02. The van der Waals surface area contributed by atoms with Gasteiger partial charge in [0.25, 0.3) is 5.91 Å². The van der Waals surface area contributed by atoms with Gasteiger partial charge in [0.1, 0.15) is 17.4 Å². The Balaban J connectivity index is 1.63. The Morgan fingerprint density at radius 3 is 3.00 bits per heavy atom. The highest BCUT2D eigenvalue weighted by atomic mass is 19.1. The fourth-order valence-electron chi connectivity index (χ4n) is 2.86. The van der Waals surface area contributed by atoms with Crippen molar-refractivity contribution in [1.82, 2.24) is 15.3 Å². The van der Waals surface area contributed by atoms with E-state index in [0.29, 0.717) is 24.5 Å². The van der Waals surface area contributed by atoms with Gasteiger partial charge in [0.05, 0.1) is 11.8 Å². The molecule has 0 bridgehead atoms. The molecule has 0 aromatic carbocycles. The van der Waals surface area contributed by atoms with Crippen molar-refractivity contribution in [2.45, 2.75) is 25.4 Å². The lowest BCUT2D eigenvalue weighted by atomic mass is 9.92. The van der Waals surface area contributed by atoms with Gasteiger partial charge >= 0.3 is 0 Å². The molecule has 0 radical (unpaired) electrons. The van der Waals surface area contributed by atoms with Crippen LogP contribution in [0.4, 0.5) is 10.2 Å². The van der Waals surface area contributed by atoms with E-state index in [9.17, 15) is 14.3 Å². The van der Waals surface area contributed by atoms with Crippen LogP contribution in [-0.2, 0) is 0 Å². The van der Waals surface area contributed by atoms with E-state index in [1.807, 2.05) is 4.90 Å². The number of amides is 1. The molecule has 1 atom stereocenters. The minimum Gasteiger partial charge on any atom is -0.448 e. The lowest BCUT2D eigenvalue weighted by Gasteiger charge is -2.39. The number of rotatable bonds is 4. The molecule has 1 fully saturated rings. The number of oxazole rings is 1. The minimum atomic E-state index is -1.08. The number of aromatic nitrogens is 2. The molecule has 3 heterocycles. The van der Waals surface area contributed by atoms with Crippen molar-refractivity contribution in [3.05, 3.63) is 42.0 Å². The smallest absolute Gasteiger partial charge is 0.273 e. The Morgan fingerprint density at radius 2 is 2.33 bits per heavy atom. The topological polar surface area (TPSA) is 91.5 Å². The number of halogens is 1. The van der Waals surface area contributed by atoms with E-state index < -0.39 is 11.4 Å². The summed E-state index contributed by atoms with van der Waals surface area (Å²) in [6.07, 6.45) is 3.66. The molecule has 3 rings (SSSR count). The number of piperidine rings is 1. The third-order valence-corrected chi connectivity index (χ3v) is 4.13. The number of carbonyl (C=O) groups excluding carboxylic acids is 1. The van der Waals surface area contributed by atoms with Gasteiger partial charge in [-0.1, -0.05) is 0 Å². The lowest BCUT2D eigenvalue weighted by Crippen LogP contribution is -2.54. The van der Waals surface area contributed by atoms with Crippen molar-refractivity contribution in [2.75, 3.05) is 24.5 Å². The Bertz CT molecular complexity index is 718. The molecule has 0 spiro atoms. The van der Waals surface area contributed by atoms with Crippen molar-refractivity contribution < 1.29 is 18.7 Å². The highest BCUT2D eigenvalue weighted by Crippen LogP contribution is 2.24. The van der Waals surface area contributed by atoms with Crippen molar-refractivity contribution in [3.63, 3.8) is 0 Å². The zero-order chi connectivity index (χ0) is 17.2. The maximum Gasteiger partial charge on any atom is 0.273 e. The van der Waals surface area contributed by atoms with Gasteiger partial charge in [-0.25, -0.2) is 14.4 Å². The highest BCUT2D eigenvalue weighted by molar-refractivity contribution is 5.93. The highest BCUT2D eigenvalue weighted by Gasteiger charge is 2.34. The molecule has 24 heavy (non-hydrogen) atoms. The van der Waals surface area contributed by atoms with Crippen molar-refractivity contribution in [3.8, 4) is 0 Å². The number of pyridine rings is 1. The Labute approximate surface area is 138 Å². The second kappa shape index (κ2) is 6.56. The molecular weight excluding hydrogens is 315 g/mol. The van der Waals surface area contributed by atoms with Crippen molar-refractivity contribution >= 4 is 11.7 Å². The molecule has 7 nitrogen and oxygen atoms in total. The van der Waals surface area contributed by atoms with Crippen LogP contribution in [0, 0.1) is 12.7 Å². The van der Waals surface area contributed by atoms with E-state index >= 15 is 0 Å². The summed E-state index contributed by atoms with van der Waals surface area (Å²) in [6.45, 7) is 2.77. The number of nitrogens with zero attached hydrogens (tertiary/aromatic N) is 3. The van der Waals surface area contributed by atoms with Crippen LogP contribution in [0.25, 0.3) is 0 Å². The average Bonchev–Trinajstić information content (AvgIpc) is 3.00. The zero-order valence-electron chi connectivity index (χ0n) is 13.3. The quantitative estimate of drug-likeness (QED) is 0.875. The maximum atomic E-state index is 13.0. The van der Waals surface area contributed by atoms with E-state index in [1.54, 1.807) is 13.0 Å². The van der Waals surface area contributed by atoms with Crippen LogP contribution in [0.3, 0.4) is 0 Å². The standard InChI is InChI=1S/C16H19FN4O3/c1-11-14(20-10-24-11)15(22)19-8-16(23)5-2-6-21(9-16)13-4-3-12(17)7-18-13/h3-4,7,10,23H,2,5-6,8-9H2,1H3,(H,19,22)/t16-/m0/s1. The summed E-state index contributed by atoms with van der Waals surface area (Å²) >= 11 is 0. The first-order valence-corrected chi connectivity index (χ1v) is 7.74. The molecular formula is C16H19FN4O3. The first-order valence-electron chi connectivity index (χ1n) is 7.74. The summed E-state index contributed by atoms with van der Waals surface area (Å²) in [4.78, 5) is 21.9. The van der Waals surface area contributed by atoms with Gasteiger partial charge in [0.15, 0.2) is 12.1 Å². The molecule has 2 aromatic heterocycles. The molecule has 2 N–H and O–H groups in total. The fourth-order valence-corrected chi connectivity index (χ4v) is 2.86. The van der Waals surface area contributed by atoms with Gasteiger partial charge in [-0.05, 0) is 31.9 Å². The first kappa shape index (κ1) is 16.4. The predicted octanol–water partition coefficient (Wildman–Crippen LogP) is 1.28. The van der Waals surface area contributed by atoms with Gasteiger partial charge in [-0.3, -0.25) is 4.79 Å². The number of hydrogen-bond donors (Lipinski definition) is 2. The number of hydrogen-bond acceptors (Lipinski definition) is 6. The summed E-state index contributed by atoms with van der Waals surface area (Å²) in [7, 11) is 0. The summed E-state index contributed by atoms with van der Waals surface area (Å²) in [5.41, 5.74) is -0.867. The summed E-state index contributed by atoms with van der Waals surface area (Å²) in [5.74, 6) is 0.251. The van der Waals surface area contributed by atoms with Gasteiger partial charge in [0, 0.05) is 19.6 Å². The summed E-state index contributed by atoms with van der Waals surface area (Å²) in [6, 6.07) is 2.92. The van der Waals surface area contributed by atoms with Crippen LogP contribution in [0.2, 0.25) is 0 Å². The Morgan fingerprint density at radius 1 is 1.50 bits per heavy atom. The Kier molecular flexibility index (Phi) is 4.48. The Hall–Kier alpha value is -2.48. The summed E-state index contributed by atoms with van der Waals surface area (Å²) < 4.78 is 18.0. The number of aryl methyl sites for hydroxylation is 1. The molecule has 0 aliphatic carbocycles. The van der Waals surface area contributed by atoms with Gasteiger partial charge in [-0.15, -0.1) is 0 Å². The van der Waals surface area contributed by atoms with E-state index in [-0.39, 0.29) is 18.1 Å².